The molecule has 0 aromatic heterocycles. The topological polar surface area (TPSA) is 32.3 Å². The molecule has 0 aliphatic heterocycles. The molecule has 2 nitrogen and oxygen atoms in total. The van der Waals surface area contributed by atoms with E-state index in [4.69, 9.17) is 0 Å². The molecule has 0 aromatic rings. The molecule has 1 aliphatic rings. The van der Waals surface area contributed by atoms with Gasteiger partial charge in [0.05, 0.1) is 5.60 Å². The third kappa shape index (κ3) is 4.49. The van der Waals surface area contributed by atoms with E-state index in [1.54, 1.807) is 11.8 Å². The maximum absolute atomic E-state index is 9.94. The van der Waals surface area contributed by atoms with Crippen LogP contribution in [0.4, 0.5) is 0 Å². The van der Waals surface area contributed by atoms with Crippen LogP contribution in [0.25, 0.3) is 0 Å². The number of hydrogen-bond acceptors (Lipinski definition) is 3. The number of hydrogen-bond donors (Lipinski definition) is 2. The lowest BCUT2D eigenvalue weighted by molar-refractivity contribution is 0.0825. The lowest BCUT2D eigenvalue weighted by Crippen LogP contribution is -2.43. The van der Waals surface area contributed by atoms with Crippen LogP contribution in [0.2, 0.25) is 0 Å². The molecule has 2 atom stereocenters. The summed E-state index contributed by atoms with van der Waals surface area (Å²) in [6.45, 7) is 2.58. The van der Waals surface area contributed by atoms with Crippen molar-refractivity contribution in [2.24, 2.45) is 0 Å². The third-order valence-corrected chi connectivity index (χ3v) is 3.37. The van der Waals surface area contributed by atoms with Crippen LogP contribution in [0.3, 0.4) is 0 Å². The molecule has 1 aliphatic carbocycles. The molecular formula is C11H21NOS. The van der Waals surface area contributed by atoms with E-state index in [9.17, 15) is 5.11 Å². The first-order valence-electron chi connectivity index (χ1n) is 5.25. The van der Waals surface area contributed by atoms with Crippen molar-refractivity contribution in [2.45, 2.75) is 37.8 Å². The van der Waals surface area contributed by atoms with Gasteiger partial charge in [-0.1, -0.05) is 12.2 Å². The molecular weight excluding hydrogens is 194 g/mol. The molecule has 3 heteroatoms. The molecule has 0 aromatic carbocycles. The Kier molecular flexibility index (Phi) is 4.99. The van der Waals surface area contributed by atoms with E-state index < -0.39 is 5.60 Å². The van der Waals surface area contributed by atoms with E-state index in [-0.39, 0.29) is 0 Å². The smallest absolute Gasteiger partial charge is 0.0833 e. The van der Waals surface area contributed by atoms with Crippen molar-refractivity contribution in [1.82, 2.24) is 5.32 Å². The van der Waals surface area contributed by atoms with E-state index in [1.807, 2.05) is 13.2 Å². The average molecular weight is 215 g/mol. The van der Waals surface area contributed by atoms with Gasteiger partial charge in [-0.3, -0.25) is 0 Å². The van der Waals surface area contributed by atoms with Gasteiger partial charge in [-0.25, -0.2) is 0 Å². The molecule has 0 spiro atoms. The van der Waals surface area contributed by atoms with Crippen LogP contribution < -0.4 is 5.32 Å². The van der Waals surface area contributed by atoms with E-state index in [0.29, 0.717) is 12.6 Å². The van der Waals surface area contributed by atoms with Crippen molar-refractivity contribution in [3.05, 3.63) is 12.2 Å². The largest absolute Gasteiger partial charge is 0.388 e. The predicted molar refractivity (Wildman–Crippen MR) is 63.8 cm³/mol. The molecule has 0 bridgehead atoms. The third-order valence-electron chi connectivity index (χ3n) is 2.45. The van der Waals surface area contributed by atoms with Crippen LogP contribution in [-0.4, -0.2) is 35.3 Å². The first kappa shape index (κ1) is 12.1. The summed E-state index contributed by atoms with van der Waals surface area (Å²) in [5, 5.41) is 13.3. The van der Waals surface area contributed by atoms with Gasteiger partial charge in [0, 0.05) is 18.3 Å². The Morgan fingerprint density at radius 2 is 2.43 bits per heavy atom. The summed E-state index contributed by atoms with van der Waals surface area (Å²) in [5.41, 5.74) is -0.579. The highest BCUT2D eigenvalue weighted by molar-refractivity contribution is 7.98. The van der Waals surface area contributed by atoms with Crippen LogP contribution in [-0.2, 0) is 0 Å². The number of thioether (sulfide) groups is 1. The lowest BCUT2D eigenvalue weighted by Gasteiger charge is -2.26. The van der Waals surface area contributed by atoms with Crippen LogP contribution >= 0.6 is 11.8 Å². The van der Waals surface area contributed by atoms with Gasteiger partial charge in [0.2, 0.25) is 0 Å². The monoisotopic (exact) mass is 215 g/mol. The molecule has 2 N–H and O–H groups in total. The average Bonchev–Trinajstić information content (AvgIpc) is 2.17. The molecule has 2 unspecified atom stereocenters. The fraction of sp³-hybridized carbons (Fsp3) is 0.818. The van der Waals surface area contributed by atoms with Crippen LogP contribution in [0, 0.1) is 0 Å². The van der Waals surface area contributed by atoms with Gasteiger partial charge in [0.25, 0.3) is 0 Å². The zero-order chi connectivity index (χ0) is 10.4. The molecule has 0 radical (unpaired) electrons. The summed E-state index contributed by atoms with van der Waals surface area (Å²) >= 11 is 1.69. The molecule has 1 rings (SSSR count). The van der Waals surface area contributed by atoms with Crippen molar-refractivity contribution >= 4 is 11.8 Å². The Balaban J connectivity index is 2.24. The second-order valence-corrected chi connectivity index (χ2v) is 5.14. The zero-order valence-corrected chi connectivity index (χ0v) is 9.94. The van der Waals surface area contributed by atoms with Crippen molar-refractivity contribution < 1.29 is 5.11 Å². The maximum atomic E-state index is 9.94. The van der Waals surface area contributed by atoms with Crippen LogP contribution in [0.5, 0.6) is 0 Å². The molecule has 0 fully saturated rings. The van der Waals surface area contributed by atoms with Crippen LogP contribution in [0.1, 0.15) is 26.2 Å². The predicted octanol–water partition coefficient (Wildman–Crippen LogP) is 1.80. The Labute approximate surface area is 91.2 Å². The number of nitrogens with one attached hydrogen (secondary N) is 1. The summed E-state index contributed by atoms with van der Waals surface area (Å²) in [6.07, 6.45) is 10.1. The van der Waals surface area contributed by atoms with Gasteiger partial charge < -0.3 is 10.4 Å². The Morgan fingerprint density at radius 3 is 3.00 bits per heavy atom. The second-order valence-electron chi connectivity index (χ2n) is 4.28. The highest BCUT2D eigenvalue weighted by Crippen LogP contribution is 2.13. The summed E-state index contributed by atoms with van der Waals surface area (Å²) < 4.78 is 0. The van der Waals surface area contributed by atoms with Gasteiger partial charge in [0.15, 0.2) is 0 Å². The quantitative estimate of drug-likeness (QED) is 0.686. The summed E-state index contributed by atoms with van der Waals surface area (Å²) in [7, 11) is 0. The number of rotatable bonds is 5. The minimum Gasteiger partial charge on any atom is -0.388 e. The van der Waals surface area contributed by atoms with Gasteiger partial charge in [-0.05, 0) is 32.4 Å². The lowest BCUT2D eigenvalue weighted by atomic mass is 10.0. The number of aliphatic hydroxyl groups is 1. The Hall–Kier alpha value is 0.0100. The van der Waals surface area contributed by atoms with Crippen molar-refractivity contribution in [1.29, 1.82) is 0 Å². The summed E-state index contributed by atoms with van der Waals surface area (Å²) in [4.78, 5) is 0. The minimum atomic E-state index is -0.579. The van der Waals surface area contributed by atoms with E-state index in [1.165, 1.54) is 19.3 Å². The van der Waals surface area contributed by atoms with E-state index >= 15 is 0 Å². The highest BCUT2D eigenvalue weighted by Gasteiger charge is 2.20. The molecule has 0 saturated carbocycles. The normalized spacial score (nSPS) is 26.1. The first-order valence-corrected chi connectivity index (χ1v) is 6.65. The summed E-state index contributed by atoms with van der Waals surface area (Å²) in [5.74, 6) is 0.788. The fourth-order valence-electron chi connectivity index (χ4n) is 1.70. The molecule has 0 amide bonds. The van der Waals surface area contributed by atoms with Crippen molar-refractivity contribution in [3.63, 3.8) is 0 Å². The summed E-state index contributed by atoms with van der Waals surface area (Å²) in [6, 6.07) is 0.470. The molecule has 14 heavy (non-hydrogen) atoms. The van der Waals surface area contributed by atoms with Crippen molar-refractivity contribution in [3.8, 4) is 0 Å². The van der Waals surface area contributed by atoms with Crippen molar-refractivity contribution in [2.75, 3.05) is 18.6 Å². The molecule has 0 saturated heterocycles. The van der Waals surface area contributed by atoms with Gasteiger partial charge >= 0.3 is 0 Å². The maximum Gasteiger partial charge on any atom is 0.0833 e. The van der Waals surface area contributed by atoms with E-state index in [2.05, 4.69) is 17.5 Å². The SMILES string of the molecule is CSCC(C)(O)CNC1C=CCCC1. The van der Waals surface area contributed by atoms with E-state index in [0.717, 1.165) is 5.75 Å². The molecule has 82 valence electrons. The first-order chi connectivity index (χ1) is 6.64. The highest BCUT2D eigenvalue weighted by atomic mass is 32.2. The minimum absolute atomic E-state index is 0.470. The van der Waals surface area contributed by atoms with Gasteiger partial charge in [-0.15, -0.1) is 0 Å². The second kappa shape index (κ2) is 5.79. The Bertz CT molecular complexity index is 192. The zero-order valence-electron chi connectivity index (χ0n) is 9.12. The molecule has 0 heterocycles. The fourth-order valence-corrected chi connectivity index (χ4v) is 2.42. The number of allylic oxidation sites excluding steroid dienone is 1. The van der Waals surface area contributed by atoms with Gasteiger partial charge in [0.1, 0.15) is 0 Å². The standard InChI is InChI=1S/C11H21NOS/c1-11(13,9-14-2)8-12-10-6-4-3-5-7-10/h4,6,10,12-13H,3,5,7-9H2,1-2H3. The van der Waals surface area contributed by atoms with Gasteiger partial charge in [-0.2, -0.15) is 11.8 Å². The Morgan fingerprint density at radius 1 is 1.64 bits per heavy atom. The van der Waals surface area contributed by atoms with Crippen LogP contribution in [0.15, 0.2) is 12.2 Å².